The topological polar surface area (TPSA) is 49.4 Å². The van der Waals surface area contributed by atoms with Crippen LogP contribution in [0.3, 0.4) is 0 Å². The molecule has 0 aliphatic heterocycles. The molecule has 0 bridgehead atoms. The van der Waals surface area contributed by atoms with E-state index < -0.39 is 17.4 Å². The fraction of sp³-hybridized carbons (Fsp3) is 0.391. The molecule has 0 heterocycles. The SMILES string of the molecule is C[C@H](C(=O)NC(C)(C)C)N(Cc1ccc(Cl)cc1)C(=O)CSCc1c(F)cccc1Cl. The van der Waals surface area contributed by atoms with Gasteiger partial charge < -0.3 is 10.2 Å². The Morgan fingerprint density at radius 2 is 1.77 bits per heavy atom. The van der Waals surface area contributed by atoms with Crippen molar-refractivity contribution < 1.29 is 14.0 Å². The van der Waals surface area contributed by atoms with Gasteiger partial charge in [-0.15, -0.1) is 11.8 Å². The van der Waals surface area contributed by atoms with Crippen molar-refractivity contribution in [3.8, 4) is 0 Å². The van der Waals surface area contributed by atoms with Crippen LogP contribution in [0.2, 0.25) is 10.0 Å². The van der Waals surface area contributed by atoms with Crippen molar-refractivity contribution in [2.45, 2.75) is 51.6 Å². The fourth-order valence-electron chi connectivity index (χ4n) is 2.84. The number of thioether (sulfide) groups is 1. The van der Waals surface area contributed by atoms with Crippen molar-refractivity contribution in [1.82, 2.24) is 10.2 Å². The number of carbonyl (C=O) groups is 2. The smallest absolute Gasteiger partial charge is 0.242 e. The second kappa shape index (κ2) is 11.2. The van der Waals surface area contributed by atoms with E-state index in [9.17, 15) is 14.0 Å². The predicted octanol–water partition coefficient (Wildman–Crippen LogP) is 5.70. The molecule has 0 fully saturated rings. The number of halogens is 3. The van der Waals surface area contributed by atoms with Crippen LogP contribution in [0.15, 0.2) is 42.5 Å². The summed E-state index contributed by atoms with van der Waals surface area (Å²) in [5.74, 6) is -0.510. The normalized spacial score (nSPS) is 12.4. The molecule has 2 aromatic rings. The van der Waals surface area contributed by atoms with E-state index in [1.54, 1.807) is 31.2 Å². The highest BCUT2D eigenvalue weighted by Crippen LogP contribution is 2.24. The molecule has 0 radical (unpaired) electrons. The Balaban J connectivity index is 2.13. The predicted molar refractivity (Wildman–Crippen MR) is 127 cm³/mol. The molecule has 0 saturated heterocycles. The first kappa shape index (κ1) is 25.5. The Hall–Kier alpha value is -1.76. The standard InChI is InChI=1S/C23H27Cl2FN2O2S/c1-15(22(30)27-23(2,3)4)28(12-16-8-10-17(24)11-9-16)21(29)14-31-13-18-19(25)6-5-7-20(18)26/h5-11,15H,12-14H2,1-4H3,(H,27,30)/t15-/m1/s1. The second-order valence-corrected chi connectivity index (χ2v) is 10.1. The molecule has 4 nitrogen and oxygen atoms in total. The average molecular weight is 485 g/mol. The number of hydrogen-bond acceptors (Lipinski definition) is 3. The Bertz CT molecular complexity index is 897. The quantitative estimate of drug-likeness (QED) is 0.522. The van der Waals surface area contributed by atoms with Crippen molar-refractivity contribution in [3.05, 3.63) is 69.5 Å². The number of benzene rings is 2. The molecule has 0 aliphatic carbocycles. The van der Waals surface area contributed by atoms with E-state index >= 15 is 0 Å². The number of hydrogen-bond donors (Lipinski definition) is 1. The molecule has 168 valence electrons. The number of amides is 2. The third-order valence-corrected chi connectivity index (χ3v) is 6.02. The Morgan fingerprint density at radius 3 is 2.35 bits per heavy atom. The van der Waals surface area contributed by atoms with Gasteiger partial charge in [0.2, 0.25) is 11.8 Å². The molecule has 31 heavy (non-hydrogen) atoms. The lowest BCUT2D eigenvalue weighted by Gasteiger charge is -2.31. The minimum absolute atomic E-state index is 0.0887. The molecule has 0 aromatic heterocycles. The summed E-state index contributed by atoms with van der Waals surface area (Å²) < 4.78 is 14.0. The van der Waals surface area contributed by atoms with Crippen molar-refractivity contribution in [1.29, 1.82) is 0 Å². The molecule has 0 spiro atoms. The second-order valence-electron chi connectivity index (χ2n) is 8.26. The van der Waals surface area contributed by atoms with Gasteiger partial charge in [0, 0.05) is 33.4 Å². The van der Waals surface area contributed by atoms with Gasteiger partial charge in [-0.05, 0) is 57.5 Å². The summed E-state index contributed by atoms with van der Waals surface area (Å²) in [6.45, 7) is 7.62. The van der Waals surface area contributed by atoms with Crippen LogP contribution in [-0.4, -0.2) is 34.0 Å². The molecule has 0 unspecified atom stereocenters. The van der Waals surface area contributed by atoms with Crippen LogP contribution in [0.1, 0.15) is 38.8 Å². The molecule has 2 rings (SSSR count). The van der Waals surface area contributed by atoms with Crippen LogP contribution in [0, 0.1) is 5.82 Å². The van der Waals surface area contributed by atoms with Crippen LogP contribution >= 0.6 is 35.0 Å². The third kappa shape index (κ3) is 8.02. The molecule has 1 N–H and O–H groups in total. The van der Waals surface area contributed by atoms with Gasteiger partial charge in [0.25, 0.3) is 0 Å². The summed E-state index contributed by atoms with van der Waals surface area (Å²) in [6, 6.07) is 11.0. The highest BCUT2D eigenvalue weighted by molar-refractivity contribution is 7.99. The van der Waals surface area contributed by atoms with Gasteiger partial charge in [-0.2, -0.15) is 0 Å². The van der Waals surface area contributed by atoms with E-state index in [0.29, 0.717) is 15.6 Å². The molecule has 2 amide bonds. The Morgan fingerprint density at radius 1 is 1.13 bits per heavy atom. The number of nitrogens with zero attached hydrogens (tertiary/aromatic N) is 1. The maximum Gasteiger partial charge on any atom is 0.242 e. The number of carbonyl (C=O) groups excluding carboxylic acids is 2. The van der Waals surface area contributed by atoms with Crippen LogP contribution < -0.4 is 5.32 Å². The lowest BCUT2D eigenvalue weighted by atomic mass is 10.1. The Kier molecular flexibility index (Phi) is 9.22. The first-order chi connectivity index (χ1) is 14.5. The van der Waals surface area contributed by atoms with Crippen LogP contribution in [0.5, 0.6) is 0 Å². The summed E-state index contributed by atoms with van der Waals surface area (Å²) in [5, 5.41) is 3.84. The van der Waals surface area contributed by atoms with E-state index in [-0.39, 0.29) is 29.9 Å². The van der Waals surface area contributed by atoms with E-state index in [0.717, 1.165) is 5.56 Å². The lowest BCUT2D eigenvalue weighted by Crippen LogP contribution is -2.52. The maximum atomic E-state index is 14.0. The fourth-order valence-corrected chi connectivity index (χ4v) is 4.21. The summed E-state index contributed by atoms with van der Waals surface area (Å²) in [4.78, 5) is 27.3. The van der Waals surface area contributed by atoms with Gasteiger partial charge in [0.05, 0.1) is 5.75 Å². The van der Waals surface area contributed by atoms with Gasteiger partial charge in [-0.3, -0.25) is 9.59 Å². The zero-order chi connectivity index (χ0) is 23.2. The average Bonchev–Trinajstić information content (AvgIpc) is 2.67. The molecule has 8 heteroatoms. The molecular weight excluding hydrogens is 458 g/mol. The summed E-state index contributed by atoms with van der Waals surface area (Å²) in [7, 11) is 0. The maximum absolute atomic E-state index is 14.0. The molecular formula is C23H27Cl2FN2O2S. The van der Waals surface area contributed by atoms with Crippen molar-refractivity contribution >= 4 is 46.8 Å². The van der Waals surface area contributed by atoms with E-state index in [4.69, 9.17) is 23.2 Å². The Labute approximate surface area is 197 Å². The largest absolute Gasteiger partial charge is 0.350 e. The van der Waals surface area contributed by atoms with Crippen LogP contribution in [-0.2, 0) is 21.9 Å². The van der Waals surface area contributed by atoms with Crippen molar-refractivity contribution in [2.75, 3.05) is 5.75 Å². The van der Waals surface area contributed by atoms with Gasteiger partial charge in [0.15, 0.2) is 0 Å². The summed E-state index contributed by atoms with van der Waals surface area (Å²) >= 11 is 13.3. The van der Waals surface area contributed by atoms with Crippen molar-refractivity contribution in [3.63, 3.8) is 0 Å². The van der Waals surface area contributed by atoms with E-state index in [1.165, 1.54) is 22.7 Å². The first-order valence-electron chi connectivity index (χ1n) is 9.84. The number of rotatable bonds is 8. The van der Waals surface area contributed by atoms with Gasteiger partial charge >= 0.3 is 0 Å². The zero-order valence-electron chi connectivity index (χ0n) is 18.0. The number of nitrogens with one attached hydrogen (secondary N) is 1. The monoisotopic (exact) mass is 484 g/mol. The van der Waals surface area contributed by atoms with Crippen LogP contribution in [0.25, 0.3) is 0 Å². The van der Waals surface area contributed by atoms with Crippen molar-refractivity contribution in [2.24, 2.45) is 0 Å². The van der Waals surface area contributed by atoms with Gasteiger partial charge in [-0.1, -0.05) is 41.4 Å². The molecule has 0 aliphatic rings. The van der Waals surface area contributed by atoms with Gasteiger partial charge in [-0.25, -0.2) is 4.39 Å². The molecule has 1 atom stereocenters. The lowest BCUT2D eigenvalue weighted by molar-refractivity contribution is -0.139. The minimum Gasteiger partial charge on any atom is -0.350 e. The highest BCUT2D eigenvalue weighted by atomic mass is 35.5. The highest BCUT2D eigenvalue weighted by Gasteiger charge is 2.28. The summed E-state index contributed by atoms with van der Waals surface area (Å²) in [5.41, 5.74) is 0.802. The summed E-state index contributed by atoms with van der Waals surface area (Å²) in [6.07, 6.45) is 0. The van der Waals surface area contributed by atoms with E-state index in [1.807, 2.05) is 32.9 Å². The third-order valence-electron chi connectivity index (χ3n) is 4.47. The molecule has 2 aromatic carbocycles. The first-order valence-corrected chi connectivity index (χ1v) is 11.8. The van der Waals surface area contributed by atoms with Gasteiger partial charge in [0.1, 0.15) is 11.9 Å². The minimum atomic E-state index is -0.681. The van der Waals surface area contributed by atoms with E-state index in [2.05, 4.69) is 5.32 Å². The van der Waals surface area contributed by atoms with Crippen LogP contribution in [0.4, 0.5) is 4.39 Å². The zero-order valence-corrected chi connectivity index (χ0v) is 20.4. The molecule has 0 saturated carbocycles.